The van der Waals surface area contributed by atoms with Gasteiger partial charge in [0.15, 0.2) is 0 Å². The van der Waals surface area contributed by atoms with Crippen LogP contribution in [0.4, 0.5) is 14.9 Å². The van der Waals surface area contributed by atoms with Crippen LogP contribution in [0.5, 0.6) is 0 Å². The van der Waals surface area contributed by atoms with Crippen molar-refractivity contribution in [3.8, 4) is 0 Å². The molecule has 1 saturated carbocycles. The lowest BCUT2D eigenvalue weighted by Gasteiger charge is -2.32. The van der Waals surface area contributed by atoms with E-state index < -0.39 is 30.4 Å². The van der Waals surface area contributed by atoms with Crippen molar-refractivity contribution in [3.63, 3.8) is 0 Å². The van der Waals surface area contributed by atoms with E-state index in [1.165, 1.54) is 32.1 Å². The smallest absolute Gasteiger partial charge is 0.407 e. The summed E-state index contributed by atoms with van der Waals surface area (Å²) in [6.07, 6.45) is 11.2. The predicted molar refractivity (Wildman–Crippen MR) is 187 cm³/mol. The molecule has 0 bridgehead atoms. The first-order chi connectivity index (χ1) is 22.8. The molecule has 2 aromatic rings. The van der Waals surface area contributed by atoms with E-state index in [1.54, 1.807) is 20.8 Å². The maximum Gasteiger partial charge on any atom is 0.407 e. The first-order valence-electron chi connectivity index (χ1n) is 17.7. The highest BCUT2D eigenvalue weighted by atomic mass is 19.1. The molecule has 4 atom stereocenters. The predicted octanol–water partition coefficient (Wildman–Crippen LogP) is 7.51. The number of nitrogens with zero attached hydrogens (tertiary/aromatic N) is 1. The van der Waals surface area contributed by atoms with E-state index in [9.17, 15) is 28.7 Å². The number of fused-ring (bicyclic) bond motifs is 1. The Balaban J connectivity index is 0.000000288. The van der Waals surface area contributed by atoms with E-state index in [0.29, 0.717) is 31.1 Å². The van der Waals surface area contributed by atoms with Crippen LogP contribution in [-0.4, -0.2) is 77.2 Å². The fraction of sp³-hybridized carbons (Fsp3) is 0.676. The molecule has 2 amide bonds. The summed E-state index contributed by atoms with van der Waals surface area (Å²) >= 11 is 0. The van der Waals surface area contributed by atoms with Crippen LogP contribution in [0, 0.1) is 17.8 Å². The molecule has 1 aliphatic carbocycles. The average molecular weight is 673 g/mol. The van der Waals surface area contributed by atoms with Gasteiger partial charge < -0.3 is 30.3 Å². The number of alkyl carbamates (subject to hydrolysis) is 1. The third-order valence-electron chi connectivity index (χ3n) is 9.71. The second kappa shape index (κ2) is 18.3. The zero-order valence-electron chi connectivity index (χ0n) is 29.7. The molecule has 1 aromatic heterocycles. The Labute approximate surface area is 284 Å². The Kier molecular flexibility index (Phi) is 14.9. The summed E-state index contributed by atoms with van der Waals surface area (Å²) in [5.74, 6) is 0.225. The van der Waals surface area contributed by atoms with Crippen molar-refractivity contribution in [3.05, 3.63) is 29.5 Å². The largest absolute Gasteiger partial charge is 0.477 e. The van der Waals surface area contributed by atoms with Crippen molar-refractivity contribution in [2.75, 3.05) is 25.6 Å². The van der Waals surface area contributed by atoms with Gasteiger partial charge in [0.25, 0.3) is 0 Å². The minimum Gasteiger partial charge on any atom is -0.477 e. The first-order valence-corrected chi connectivity index (χ1v) is 17.7. The summed E-state index contributed by atoms with van der Waals surface area (Å²) in [6, 6.07) is 4.98. The molecule has 2 aliphatic rings. The van der Waals surface area contributed by atoms with Crippen LogP contribution in [-0.2, 0) is 20.7 Å². The molecule has 48 heavy (non-hydrogen) atoms. The minimum absolute atomic E-state index is 0.0294. The molecule has 1 aliphatic heterocycles. The number of benzene rings is 1. The number of carbonyl (C=O) groups excluding carboxylic acids is 3. The Morgan fingerprint density at radius 2 is 1.83 bits per heavy atom. The quantitative estimate of drug-likeness (QED) is 0.161. The van der Waals surface area contributed by atoms with Crippen LogP contribution in [0.3, 0.4) is 0 Å². The standard InChI is InChI=1S/C23H31N3O3.C14H26FNO3/c1-3-16-18-13-15(9-10-19(18)25-20(16)23(28)29)24-22(27)21-17(11-12-26(21)2)14-7-5-4-6-8-14;1-5-11(10-17)7-6-8-12(9-15)16-13(18)19-14(2,3)4/h9-10,13-14,17,21,25H,3-8,11-12H2,1-2H3,(H,24,27)(H,28,29);10-12H,5-9H2,1-4H3,(H,16,18). The number of carboxylic acids is 1. The molecule has 2 heterocycles. The maximum absolute atomic E-state index is 13.2. The number of rotatable bonds is 13. The summed E-state index contributed by atoms with van der Waals surface area (Å²) in [5, 5.41) is 15.9. The number of H-pyrrole nitrogens is 1. The number of hydrogen-bond acceptors (Lipinski definition) is 6. The van der Waals surface area contributed by atoms with Gasteiger partial charge >= 0.3 is 12.1 Å². The number of alkyl halides is 1. The summed E-state index contributed by atoms with van der Waals surface area (Å²) in [6.45, 7) is 9.51. The zero-order valence-corrected chi connectivity index (χ0v) is 29.7. The number of aromatic carboxylic acids is 1. The van der Waals surface area contributed by atoms with Gasteiger partial charge in [0, 0.05) is 22.5 Å². The van der Waals surface area contributed by atoms with Crippen LogP contribution in [0.25, 0.3) is 10.9 Å². The van der Waals surface area contributed by atoms with E-state index in [2.05, 4.69) is 27.6 Å². The number of ether oxygens (including phenoxy) is 1. The molecule has 4 N–H and O–H groups in total. The average Bonchev–Trinajstić information content (AvgIpc) is 3.62. The van der Waals surface area contributed by atoms with E-state index in [1.807, 2.05) is 32.0 Å². The normalized spacial score (nSPS) is 20.0. The SMILES string of the molecule is CCC(C=O)CCCC(CF)NC(=O)OC(C)(C)C.CCc1c(C(=O)O)[nH]c2ccc(NC(=O)C3C(C4CCCCC4)CCN3C)cc12. The van der Waals surface area contributed by atoms with Gasteiger partial charge in [0.05, 0.1) is 12.1 Å². The van der Waals surface area contributed by atoms with Gasteiger partial charge in [0.1, 0.15) is 24.3 Å². The highest BCUT2D eigenvalue weighted by Crippen LogP contribution is 2.39. The third-order valence-corrected chi connectivity index (χ3v) is 9.71. The van der Waals surface area contributed by atoms with E-state index >= 15 is 0 Å². The highest BCUT2D eigenvalue weighted by Gasteiger charge is 2.41. The number of anilines is 1. The monoisotopic (exact) mass is 672 g/mol. The summed E-state index contributed by atoms with van der Waals surface area (Å²) in [7, 11) is 2.05. The number of aromatic amines is 1. The van der Waals surface area contributed by atoms with Crippen LogP contribution >= 0.6 is 0 Å². The first kappa shape index (κ1) is 39.0. The lowest BCUT2D eigenvalue weighted by molar-refractivity contribution is -0.121. The van der Waals surface area contributed by atoms with E-state index in [-0.39, 0.29) is 23.6 Å². The Morgan fingerprint density at radius 1 is 1.12 bits per heavy atom. The molecule has 268 valence electrons. The molecular weight excluding hydrogens is 615 g/mol. The van der Waals surface area contributed by atoms with Crippen LogP contribution < -0.4 is 10.6 Å². The fourth-order valence-corrected chi connectivity index (χ4v) is 7.18. The molecule has 1 saturated heterocycles. The van der Waals surface area contributed by atoms with Gasteiger partial charge in [-0.2, -0.15) is 0 Å². The highest BCUT2D eigenvalue weighted by molar-refractivity contribution is 6.01. The number of halogens is 1. The minimum atomic E-state index is -0.952. The molecular formula is C37H57FN4O6. The van der Waals surface area contributed by atoms with Crippen molar-refractivity contribution < 1.29 is 33.4 Å². The van der Waals surface area contributed by atoms with Gasteiger partial charge in [-0.1, -0.05) is 52.4 Å². The van der Waals surface area contributed by atoms with Gasteiger partial charge in [-0.25, -0.2) is 14.0 Å². The van der Waals surface area contributed by atoms with E-state index in [0.717, 1.165) is 54.2 Å². The number of aromatic nitrogens is 1. The molecule has 10 nitrogen and oxygen atoms in total. The molecule has 2 fully saturated rings. The topological polar surface area (TPSA) is 141 Å². The van der Waals surface area contributed by atoms with E-state index in [4.69, 9.17) is 4.74 Å². The van der Waals surface area contributed by atoms with Crippen molar-refractivity contribution in [1.29, 1.82) is 0 Å². The maximum atomic E-state index is 13.2. The lowest BCUT2D eigenvalue weighted by Crippen LogP contribution is -2.43. The molecule has 1 aromatic carbocycles. The summed E-state index contributed by atoms with van der Waals surface area (Å²) in [4.78, 5) is 52.0. The van der Waals surface area contributed by atoms with Crippen LogP contribution in [0.2, 0.25) is 0 Å². The van der Waals surface area contributed by atoms with Gasteiger partial charge in [0.2, 0.25) is 5.91 Å². The lowest BCUT2D eigenvalue weighted by atomic mass is 9.76. The Bertz CT molecular complexity index is 1370. The van der Waals surface area contributed by atoms with Gasteiger partial charge in [-0.15, -0.1) is 0 Å². The Morgan fingerprint density at radius 3 is 2.42 bits per heavy atom. The second-order valence-electron chi connectivity index (χ2n) is 14.4. The number of aryl methyl sites for hydroxylation is 1. The second-order valence-corrected chi connectivity index (χ2v) is 14.4. The van der Waals surface area contributed by atoms with Crippen LogP contribution in [0.1, 0.15) is 115 Å². The fourth-order valence-electron chi connectivity index (χ4n) is 7.18. The number of likely N-dealkylation sites (N-methyl/N-ethyl adjacent to an activating group) is 1. The molecule has 4 unspecified atom stereocenters. The summed E-state index contributed by atoms with van der Waals surface area (Å²) in [5.41, 5.74) is 1.95. The number of likely N-dealkylation sites (tertiary alicyclic amines) is 1. The number of hydrogen-bond donors (Lipinski definition) is 4. The number of carbonyl (C=O) groups is 4. The van der Waals surface area contributed by atoms with Gasteiger partial charge in [-0.05, 0) is 102 Å². The van der Waals surface area contributed by atoms with Crippen LogP contribution in [0.15, 0.2) is 18.2 Å². The van der Waals surface area contributed by atoms with Crippen molar-refractivity contribution in [2.45, 2.75) is 123 Å². The molecule has 11 heteroatoms. The third kappa shape index (κ3) is 11.0. The molecule has 0 spiro atoms. The zero-order chi connectivity index (χ0) is 35.4. The van der Waals surface area contributed by atoms with Crippen molar-refractivity contribution in [2.24, 2.45) is 17.8 Å². The number of carboxylic acid groups (broad SMARTS) is 1. The van der Waals surface area contributed by atoms with Crippen molar-refractivity contribution in [1.82, 2.24) is 15.2 Å². The number of nitrogens with one attached hydrogen (secondary N) is 3. The number of aldehydes is 1. The number of amides is 2. The van der Waals surface area contributed by atoms with Gasteiger partial charge in [-0.3, -0.25) is 9.69 Å². The van der Waals surface area contributed by atoms with Crippen molar-refractivity contribution >= 4 is 40.8 Å². The molecule has 0 radical (unpaired) electrons. The summed E-state index contributed by atoms with van der Waals surface area (Å²) < 4.78 is 17.9. The molecule has 4 rings (SSSR count). The Hall–Kier alpha value is -3.47.